The topological polar surface area (TPSA) is 64.9 Å². The zero-order chi connectivity index (χ0) is 22.9. The highest BCUT2D eigenvalue weighted by molar-refractivity contribution is 7.99. The van der Waals surface area contributed by atoms with E-state index in [9.17, 15) is 0 Å². The maximum absolute atomic E-state index is 6.22. The zero-order valence-electron chi connectivity index (χ0n) is 18.2. The van der Waals surface area contributed by atoms with Crippen molar-refractivity contribution in [1.82, 2.24) is 25.5 Å². The van der Waals surface area contributed by atoms with Crippen molar-refractivity contribution in [2.24, 2.45) is 0 Å². The molecular formula is C24H24Cl3N5OS. The van der Waals surface area contributed by atoms with Gasteiger partial charge in [-0.25, -0.2) is 0 Å². The lowest BCUT2D eigenvalue weighted by atomic mass is 10.2. The van der Waals surface area contributed by atoms with E-state index in [2.05, 4.69) is 26.9 Å². The molecule has 0 fully saturated rings. The Kier molecular flexibility index (Phi) is 10.5. The Morgan fingerprint density at radius 1 is 0.971 bits per heavy atom. The van der Waals surface area contributed by atoms with Gasteiger partial charge in [0, 0.05) is 27.9 Å². The van der Waals surface area contributed by atoms with E-state index in [0.29, 0.717) is 16.7 Å². The standard InChI is InChI=1S/C24H23Cl2N5OS.ClH/c25-20-11-10-19(23(26)15-20)17-32-22-9-4-6-18(14-22)16-27-12-5-13-33-24-28-29-30-31(24)21-7-2-1-3-8-21;/h1-4,6-11,14-15,27H,5,12-13,16-17H2;1H. The highest BCUT2D eigenvalue weighted by atomic mass is 35.5. The average molecular weight is 537 g/mol. The Morgan fingerprint density at radius 3 is 2.65 bits per heavy atom. The third-order valence-corrected chi connectivity index (χ3v) is 6.40. The smallest absolute Gasteiger partial charge is 0.214 e. The van der Waals surface area contributed by atoms with Gasteiger partial charge < -0.3 is 10.1 Å². The van der Waals surface area contributed by atoms with E-state index < -0.39 is 0 Å². The zero-order valence-corrected chi connectivity index (χ0v) is 21.4. The van der Waals surface area contributed by atoms with Gasteiger partial charge >= 0.3 is 0 Å². The molecule has 0 radical (unpaired) electrons. The summed E-state index contributed by atoms with van der Waals surface area (Å²) in [6.07, 6.45) is 0.998. The molecule has 1 N–H and O–H groups in total. The van der Waals surface area contributed by atoms with Crippen molar-refractivity contribution in [1.29, 1.82) is 0 Å². The van der Waals surface area contributed by atoms with E-state index in [-0.39, 0.29) is 12.4 Å². The highest BCUT2D eigenvalue weighted by Gasteiger charge is 2.08. The molecule has 0 aliphatic carbocycles. The van der Waals surface area contributed by atoms with E-state index in [1.807, 2.05) is 60.7 Å². The van der Waals surface area contributed by atoms with Gasteiger partial charge in [-0.1, -0.05) is 71.4 Å². The van der Waals surface area contributed by atoms with Gasteiger partial charge in [-0.3, -0.25) is 0 Å². The molecule has 1 aromatic heterocycles. The Hall–Kier alpha value is -2.29. The van der Waals surface area contributed by atoms with Crippen molar-refractivity contribution in [3.8, 4) is 11.4 Å². The largest absolute Gasteiger partial charge is 0.489 e. The maximum Gasteiger partial charge on any atom is 0.214 e. The molecule has 0 saturated carbocycles. The second-order valence-electron chi connectivity index (χ2n) is 7.26. The number of halogens is 3. The molecule has 0 amide bonds. The lowest BCUT2D eigenvalue weighted by Gasteiger charge is -2.10. The lowest BCUT2D eigenvalue weighted by Crippen LogP contribution is -2.15. The molecule has 0 saturated heterocycles. The summed E-state index contributed by atoms with van der Waals surface area (Å²) in [7, 11) is 0. The van der Waals surface area contributed by atoms with Gasteiger partial charge in [0.2, 0.25) is 5.16 Å². The summed E-state index contributed by atoms with van der Waals surface area (Å²) >= 11 is 13.8. The Balaban J connectivity index is 0.00000324. The molecular weight excluding hydrogens is 513 g/mol. The van der Waals surface area contributed by atoms with Crippen molar-refractivity contribution in [3.63, 3.8) is 0 Å². The van der Waals surface area contributed by atoms with Gasteiger partial charge in [-0.2, -0.15) is 4.68 Å². The van der Waals surface area contributed by atoms with Crippen molar-refractivity contribution in [2.75, 3.05) is 12.3 Å². The van der Waals surface area contributed by atoms with Crippen LogP contribution in [0.15, 0.2) is 78.0 Å². The van der Waals surface area contributed by atoms with Gasteiger partial charge in [0.25, 0.3) is 0 Å². The summed E-state index contributed by atoms with van der Waals surface area (Å²) in [5.74, 6) is 1.73. The molecule has 0 atom stereocenters. The molecule has 1 heterocycles. The van der Waals surface area contributed by atoms with Gasteiger partial charge in [-0.15, -0.1) is 17.5 Å². The summed E-state index contributed by atoms with van der Waals surface area (Å²) in [4.78, 5) is 0. The number of benzene rings is 3. The normalized spacial score (nSPS) is 10.6. The van der Waals surface area contributed by atoms with Crippen LogP contribution >= 0.6 is 47.4 Å². The van der Waals surface area contributed by atoms with Crippen LogP contribution < -0.4 is 10.1 Å². The number of thioether (sulfide) groups is 1. The highest BCUT2D eigenvalue weighted by Crippen LogP contribution is 2.23. The van der Waals surface area contributed by atoms with E-state index in [1.165, 1.54) is 0 Å². The van der Waals surface area contributed by atoms with Gasteiger partial charge in [-0.05, 0) is 65.4 Å². The minimum atomic E-state index is 0. The Bertz CT molecular complexity index is 1180. The predicted octanol–water partition coefficient (Wildman–Crippen LogP) is 6.24. The van der Waals surface area contributed by atoms with Gasteiger partial charge in [0.1, 0.15) is 12.4 Å². The summed E-state index contributed by atoms with van der Waals surface area (Å²) in [5, 5.41) is 17.5. The number of nitrogens with one attached hydrogen (secondary N) is 1. The van der Waals surface area contributed by atoms with Crippen LogP contribution in [-0.4, -0.2) is 32.5 Å². The van der Waals surface area contributed by atoms with E-state index in [4.69, 9.17) is 27.9 Å². The quantitative estimate of drug-likeness (QED) is 0.181. The molecule has 4 aromatic rings. The van der Waals surface area contributed by atoms with Crippen molar-refractivity contribution >= 4 is 47.4 Å². The number of nitrogens with zero attached hydrogens (tertiary/aromatic N) is 4. The fraction of sp³-hybridized carbons (Fsp3) is 0.208. The molecule has 4 rings (SSSR count). The monoisotopic (exact) mass is 535 g/mol. The van der Waals surface area contributed by atoms with Crippen LogP contribution in [0.2, 0.25) is 10.0 Å². The SMILES string of the molecule is Cl.Clc1ccc(COc2cccc(CNCCCSc3nnnn3-c3ccccc3)c2)c(Cl)c1. The third-order valence-electron chi connectivity index (χ3n) is 4.81. The minimum absolute atomic E-state index is 0. The molecule has 0 unspecified atom stereocenters. The first-order valence-corrected chi connectivity index (χ1v) is 12.3. The number of tetrazole rings is 1. The van der Waals surface area contributed by atoms with E-state index >= 15 is 0 Å². The number of rotatable bonds is 11. The van der Waals surface area contributed by atoms with E-state index in [0.717, 1.165) is 53.0 Å². The third kappa shape index (κ3) is 7.61. The molecule has 6 nitrogen and oxygen atoms in total. The average Bonchev–Trinajstić information content (AvgIpc) is 3.30. The summed E-state index contributed by atoms with van der Waals surface area (Å²) in [6, 6.07) is 23.4. The van der Waals surface area contributed by atoms with Crippen LogP contribution in [0.3, 0.4) is 0 Å². The first kappa shape index (κ1) is 26.3. The molecule has 178 valence electrons. The Labute approximate surface area is 219 Å². The van der Waals surface area contributed by atoms with Crippen LogP contribution in [0.4, 0.5) is 0 Å². The molecule has 0 aliphatic rings. The number of aromatic nitrogens is 4. The Morgan fingerprint density at radius 2 is 1.82 bits per heavy atom. The van der Waals surface area contributed by atoms with Crippen molar-refractivity contribution < 1.29 is 4.74 Å². The molecule has 3 aromatic carbocycles. The van der Waals surface area contributed by atoms with Gasteiger partial charge in [0.05, 0.1) is 5.69 Å². The predicted molar refractivity (Wildman–Crippen MR) is 141 cm³/mol. The van der Waals surface area contributed by atoms with Crippen molar-refractivity contribution in [2.45, 2.75) is 24.7 Å². The van der Waals surface area contributed by atoms with Crippen molar-refractivity contribution in [3.05, 3.63) is 94.0 Å². The van der Waals surface area contributed by atoms with E-state index in [1.54, 1.807) is 22.5 Å². The lowest BCUT2D eigenvalue weighted by molar-refractivity contribution is 0.306. The molecule has 0 bridgehead atoms. The first-order valence-electron chi connectivity index (χ1n) is 10.5. The van der Waals surface area contributed by atoms with Crippen LogP contribution in [0.5, 0.6) is 5.75 Å². The number of ether oxygens (including phenoxy) is 1. The molecule has 0 spiro atoms. The number of para-hydroxylation sites is 1. The van der Waals surface area contributed by atoms with Crippen LogP contribution in [-0.2, 0) is 13.2 Å². The summed E-state index contributed by atoms with van der Waals surface area (Å²) in [5.41, 5.74) is 3.03. The first-order chi connectivity index (χ1) is 16.2. The summed E-state index contributed by atoms with van der Waals surface area (Å²) < 4.78 is 7.67. The second-order valence-corrected chi connectivity index (χ2v) is 9.17. The molecule has 0 aliphatic heterocycles. The van der Waals surface area contributed by atoms with Crippen LogP contribution in [0.25, 0.3) is 5.69 Å². The fourth-order valence-electron chi connectivity index (χ4n) is 3.14. The molecule has 34 heavy (non-hydrogen) atoms. The number of hydrogen-bond donors (Lipinski definition) is 1. The maximum atomic E-state index is 6.22. The second kappa shape index (κ2) is 13.6. The van der Waals surface area contributed by atoms with Crippen LogP contribution in [0.1, 0.15) is 17.5 Å². The fourth-order valence-corrected chi connectivity index (χ4v) is 4.43. The number of hydrogen-bond acceptors (Lipinski definition) is 6. The van der Waals surface area contributed by atoms with Gasteiger partial charge in [0.15, 0.2) is 0 Å². The summed E-state index contributed by atoms with van der Waals surface area (Å²) in [6.45, 7) is 2.06. The molecule has 10 heteroatoms. The minimum Gasteiger partial charge on any atom is -0.489 e. The van der Waals surface area contributed by atoms with Crippen LogP contribution in [0, 0.1) is 0 Å².